The normalized spacial score (nSPS) is 14.4. The van der Waals surface area contributed by atoms with Crippen LogP contribution < -0.4 is 14.4 Å². The van der Waals surface area contributed by atoms with Gasteiger partial charge in [-0.15, -0.1) is 0 Å². The quantitative estimate of drug-likeness (QED) is 0.208. The Hall–Kier alpha value is -3.27. The largest absolute Gasteiger partial charge is 0.494 e. The van der Waals surface area contributed by atoms with Crippen molar-refractivity contribution >= 4 is 50.7 Å². The van der Waals surface area contributed by atoms with Gasteiger partial charge in [-0.25, -0.2) is 8.42 Å². The van der Waals surface area contributed by atoms with E-state index in [9.17, 15) is 18.0 Å². The molecule has 1 N–H and O–H groups in total. The zero-order valence-electron chi connectivity index (χ0n) is 26.0. The fourth-order valence-corrected chi connectivity index (χ4v) is 7.27. The molecule has 0 saturated heterocycles. The Bertz CT molecular complexity index is 1560. The molecule has 0 aromatic heterocycles. The lowest BCUT2D eigenvalue weighted by Crippen LogP contribution is -2.54. The average molecular weight is 675 g/mol. The Morgan fingerprint density at radius 2 is 1.60 bits per heavy atom. The first-order valence-corrected chi connectivity index (χ1v) is 17.6. The molecular weight excluding hydrogens is 633 g/mol. The van der Waals surface area contributed by atoms with Crippen LogP contribution in [0.1, 0.15) is 63.5 Å². The summed E-state index contributed by atoms with van der Waals surface area (Å²) in [5.74, 6) is -0.243. The van der Waals surface area contributed by atoms with E-state index >= 15 is 0 Å². The van der Waals surface area contributed by atoms with Crippen molar-refractivity contribution in [2.45, 2.75) is 82.8 Å². The van der Waals surface area contributed by atoms with E-state index in [4.69, 9.17) is 27.9 Å². The van der Waals surface area contributed by atoms with Crippen LogP contribution in [-0.2, 0) is 26.2 Å². The van der Waals surface area contributed by atoms with Crippen LogP contribution in [0.3, 0.4) is 0 Å². The fraction of sp³-hybridized carbons (Fsp3) is 0.412. The Labute approximate surface area is 276 Å². The number of amides is 2. The number of halogens is 2. The third-order valence-corrected chi connectivity index (χ3v) is 10.5. The molecule has 45 heavy (non-hydrogen) atoms. The van der Waals surface area contributed by atoms with Crippen LogP contribution in [0.5, 0.6) is 5.75 Å². The van der Waals surface area contributed by atoms with Gasteiger partial charge >= 0.3 is 0 Å². The number of benzene rings is 3. The summed E-state index contributed by atoms with van der Waals surface area (Å²) in [4.78, 5) is 29.5. The number of rotatable bonds is 13. The van der Waals surface area contributed by atoms with Gasteiger partial charge in [0.2, 0.25) is 11.8 Å². The molecule has 0 radical (unpaired) electrons. The monoisotopic (exact) mass is 673 g/mol. The van der Waals surface area contributed by atoms with Crippen molar-refractivity contribution in [2.24, 2.45) is 0 Å². The van der Waals surface area contributed by atoms with Gasteiger partial charge in [-0.2, -0.15) is 0 Å². The highest BCUT2D eigenvalue weighted by Gasteiger charge is 2.34. The van der Waals surface area contributed by atoms with E-state index in [0.717, 1.165) is 42.0 Å². The smallest absolute Gasteiger partial charge is 0.264 e. The van der Waals surface area contributed by atoms with Gasteiger partial charge in [-0.1, -0.05) is 73.2 Å². The molecule has 0 heterocycles. The van der Waals surface area contributed by atoms with Crippen molar-refractivity contribution in [1.82, 2.24) is 10.2 Å². The van der Waals surface area contributed by atoms with E-state index < -0.39 is 28.5 Å². The Balaban J connectivity index is 1.71. The van der Waals surface area contributed by atoms with Crippen LogP contribution in [0.2, 0.25) is 10.0 Å². The van der Waals surface area contributed by atoms with Gasteiger partial charge in [0.05, 0.1) is 27.2 Å². The molecule has 1 aliphatic carbocycles. The highest BCUT2D eigenvalue weighted by molar-refractivity contribution is 7.92. The maximum Gasteiger partial charge on any atom is 0.264 e. The number of carbonyl (C=O) groups excluding carboxylic acids is 2. The molecule has 1 saturated carbocycles. The molecule has 0 spiro atoms. The van der Waals surface area contributed by atoms with Crippen molar-refractivity contribution < 1.29 is 22.7 Å². The summed E-state index contributed by atoms with van der Waals surface area (Å²) in [5.41, 5.74) is 1.94. The molecule has 8 nitrogen and oxygen atoms in total. The standard InChI is InChI=1S/C34H41Cl2N3O5S/c1-4-32(34(41)37-26-9-7-6-8-10-26)38(22-25-13-20-30(35)31(36)21-25)33(40)23-39(27-14-11-24(3)12-15-27)45(42,43)29-18-16-28(17-19-29)44-5-2/h11-21,26,32H,4-10,22-23H2,1-3H3,(H,37,41)/t32-/m1/s1. The van der Waals surface area contributed by atoms with E-state index in [2.05, 4.69) is 5.32 Å². The van der Waals surface area contributed by atoms with Crippen LogP contribution in [0.15, 0.2) is 71.6 Å². The van der Waals surface area contributed by atoms with E-state index in [1.807, 2.05) is 20.8 Å². The van der Waals surface area contributed by atoms with E-state index in [0.29, 0.717) is 40.1 Å². The van der Waals surface area contributed by atoms with E-state index in [1.165, 1.54) is 17.0 Å². The summed E-state index contributed by atoms with van der Waals surface area (Å²) < 4.78 is 34.8. The number of ether oxygens (including phenoxy) is 1. The molecule has 1 fully saturated rings. The molecule has 1 aliphatic rings. The summed E-state index contributed by atoms with van der Waals surface area (Å²) >= 11 is 12.5. The second-order valence-corrected chi connectivity index (χ2v) is 14.0. The summed E-state index contributed by atoms with van der Waals surface area (Å²) in [7, 11) is -4.20. The molecule has 11 heteroatoms. The number of sulfonamides is 1. The van der Waals surface area contributed by atoms with Crippen molar-refractivity contribution in [3.05, 3.63) is 87.9 Å². The lowest BCUT2D eigenvalue weighted by Gasteiger charge is -2.34. The van der Waals surface area contributed by atoms with Gasteiger partial charge in [0, 0.05) is 12.6 Å². The average Bonchev–Trinajstić information content (AvgIpc) is 3.03. The molecule has 2 amide bonds. The number of aryl methyl sites for hydroxylation is 1. The first kappa shape index (κ1) is 34.6. The molecule has 0 bridgehead atoms. The first-order chi connectivity index (χ1) is 21.5. The SMILES string of the molecule is CCOc1ccc(S(=O)(=O)N(CC(=O)N(Cc2ccc(Cl)c(Cl)c2)[C@H](CC)C(=O)NC2CCCCC2)c2ccc(C)cc2)cc1. The third kappa shape index (κ3) is 8.93. The minimum Gasteiger partial charge on any atom is -0.494 e. The van der Waals surface area contributed by atoms with E-state index in [-0.39, 0.29) is 23.4 Å². The van der Waals surface area contributed by atoms with Crippen molar-refractivity contribution in [1.29, 1.82) is 0 Å². The molecule has 1 atom stereocenters. The van der Waals surface area contributed by atoms with Gasteiger partial charge in [0.25, 0.3) is 10.0 Å². The lowest BCUT2D eigenvalue weighted by atomic mass is 9.95. The van der Waals surface area contributed by atoms with Crippen molar-refractivity contribution in [3.8, 4) is 5.75 Å². The predicted octanol–water partition coefficient (Wildman–Crippen LogP) is 7.15. The maximum absolute atomic E-state index is 14.3. The molecule has 3 aromatic rings. The molecule has 4 rings (SSSR count). The highest BCUT2D eigenvalue weighted by Crippen LogP contribution is 2.28. The number of nitrogens with zero attached hydrogens (tertiary/aromatic N) is 2. The van der Waals surface area contributed by atoms with E-state index in [1.54, 1.807) is 54.6 Å². The van der Waals surface area contributed by atoms with Crippen LogP contribution >= 0.6 is 23.2 Å². The second-order valence-electron chi connectivity index (χ2n) is 11.3. The lowest BCUT2D eigenvalue weighted by molar-refractivity contribution is -0.140. The number of anilines is 1. The highest BCUT2D eigenvalue weighted by atomic mass is 35.5. The molecule has 3 aromatic carbocycles. The van der Waals surface area contributed by atoms with Crippen molar-refractivity contribution in [3.63, 3.8) is 0 Å². The Morgan fingerprint density at radius 1 is 0.933 bits per heavy atom. The zero-order valence-corrected chi connectivity index (χ0v) is 28.3. The maximum atomic E-state index is 14.3. The second kappa shape index (κ2) is 15.8. The number of hydrogen-bond acceptors (Lipinski definition) is 5. The van der Waals surface area contributed by atoms with Gasteiger partial charge in [-0.3, -0.25) is 13.9 Å². The third-order valence-electron chi connectivity index (χ3n) is 8.00. The molecular formula is C34H41Cl2N3O5S. The Morgan fingerprint density at radius 3 is 2.20 bits per heavy atom. The summed E-state index contributed by atoms with van der Waals surface area (Å²) in [5, 5.41) is 3.84. The number of nitrogens with one attached hydrogen (secondary N) is 1. The zero-order chi connectivity index (χ0) is 32.6. The summed E-state index contributed by atoms with van der Waals surface area (Å²) in [6, 6.07) is 17.3. The molecule has 0 aliphatic heterocycles. The minimum absolute atomic E-state index is 0.0115. The van der Waals surface area contributed by atoms with Crippen LogP contribution in [0, 0.1) is 6.92 Å². The van der Waals surface area contributed by atoms with Gasteiger partial charge < -0.3 is 15.0 Å². The van der Waals surface area contributed by atoms with Crippen molar-refractivity contribution in [2.75, 3.05) is 17.5 Å². The minimum atomic E-state index is -4.20. The Kier molecular flexibility index (Phi) is 12.2. The summed E-state index contributed by atoms with van der Waals surface area (Å²) in [6.07, 6.45) is 5.35. The van der Waals surface area contributed by atoms with Crippen LogP contribution in [0.4, 0.5) is 5.69 Å². The van der Waals surface area contributed by atoms with Gasteiger partial charge in [-0.05, 0) is 87.2 Å². The fourth-order valence-electron chi connectivity index (χ4n) is 5.54. The van der Waals surface area contributed by atoms with Gasteiger partial charge in [0.15, 0.2) is 0 Å². The van der Waals surface area contributed by atoms with Crippen LogP contribution in [0.25, 0.3) is 0 Å². The van der Waals surface area contributed by atoms with Gasteiger partial charge in [0.1, 0.15) is 18.3 Å². The first-order valence-electron chi connectivity index (χ1n) is 15.4. The number of hydrogen-bond donors (Lipinski definition) is 1. The molecule has 242 valence electrons. The molecule has 0 unspecified atom stereocenters. The topological polar surface area (TPSA) is 96.0 Å². The van der Waals surface area contributed by atoms with Crippen LogP contribution in [-0.4, -0.2) is 50.4 Å². The summed E-state index contributed by atoms with van der Waals surface area (Å²) in [6.45, 7) is 5.55. The number of carbonyl (C=O) groups is 2. The predicted molar refractivity (Wildman–Crippen MR) is 179 cm³/mol.